The van der Waals surface area contributed by atoms with E-state index < -0.39 is 0 Å². The van der Waals surface area contributed by atoms with E-state index in [1.165, 1.54) is 7.11 Å². The van der Waals surface area contributed by atoms with Crippen LogP contribution in [-0.2, 0) is 9.63 Å². The van der Waals surface area contributed by atoms with E-state index in [4.69, 9.17) is 0 Å². The van der Waals surface area contributed by atoms with Gasteiger partial charge in [-0.15, -0.1) is 12.4 Å². The van der Waals surface area contributed by atoms with Crippen molar-refractivity contribution >= 4 is 18.3 Å². The van der Waals surface area contributed by atoms with Gasteiger partial charge in [0.25, 0.3) is 0 Å². The first-order valence-corrected chi connectivity index (χ1v) is 3.38. The zero-order chi connectivity index (χ0) is 7.40. The number of carbonyl (C=O) groups is 1. The Morgan fingerprint density at radius 1 is 1.73 bits per heavy atom. The minimum atomic E-state index is -0.0208. The van der Waals surface area contributed by atoms with Gasteiger partial charge in [-0.05, 0) is 13.0 Å². The van der Waals surface area contributed by atoms with Gasteiger partial charge in [0.05, 0.1) is 13.0 Å². The summed E-state index contributed by atoms with van der Waals surface area (Å²) in [7, 11) is 1.44. The highest BCUT2D eigenvalue weighted by Crippen LogP contribution is 2.06. The van der Waals surface area contributed by atoms with E-state index in [0.29, 0.717) is 0 Å². The van der Waals surface area contributed by atoms with E-state index in [1.807, 2.05) is 0 Å². The van der Waals surface area contributed by atoms with E-state index in [2.05, 4.69) is 15.6 Å². The van der Waals surface area contributed by atoms with Gasteiger partial charge in [-0.1, -0.05) is 0 Å². The second-order valence-electron chi connectivity index (χ2n) is 2.36. The summed E-state index contributed by atoms with van der Waals surface area (Å²) in [5, 5.41) is 3.10. The molecule has 0 unspecified atom stereocenters. The largest absolute Gasteiger partial charge is 0.316 e. The molecule has 1 aliphatic rings. The number of hydrogen-bond acceptors (Lipinski definition) is 3. The highest BCUT2D eigenvalue weighted by Gasteiger charge is 2.21. The smallest absolute Gasteiger partial charge is 0.247 e. The molecule has 1 atom stereocenters. The monoisotopic (exact) mass is 180 g/mol. The second-order valence-corrected chi connectivity index (χ2v) is 2.36. The van der Waals surface area contributed by atoms with Crippen molar-refractivity contribution in [1.29, 1.82) is 0 Å². The third kappa shape index (κ3) is 3.05. The minimum Gasteiger partial charge on any atom is -0.316 e. The molecule has 1 saturated heterocycles. The lowest BCUT2D eigenvalue weighted by molar-refractivity contribution is -0.134. The van der Waals surface area contributed by atoms with Gasteiger partial charge in [-0.3, -0.25) is 9.63 Å². The molecule has 0 aromatic rings. The quantitative estimate of drug-likeness (QED) is 0.574. The lowest BCUT2D eigenvalue weighted by Crippen LogP contribution is -2.30. The highest BCUT2D eigenvalue weighted by molar-refractivity contribution is 5.85. The highest BCUT2D eigenvalue weighted by atomic mass is 35.5. The molecule has 1 aliphatic heterocycles. The lowest BCUT2D eigenvalue weighted by Gasteiger charge is -2.05. The van der Waals surface area contributed by atoms with Gasteiger partial charge in [0.15, 0.2) is 0 Å². The average Bonchev–Trinajstić information content (AvgIpc) is 2.38. The molecular weight excluding hydrogens is 168 g/mol. The first-order valence-electron chi connectivity index (χ1n) is 3.38. The maximum atomic E-state index is 11.0. The van der Waals surface area contributed by atoms with Gasteiger partial charge in [-0.25, -0.2) is 5.48 Å². The van der Waals surface area contributed by atoms with E-state index in [0.717, 1.165) is 19.5 Å². The molecule has 1 amide bonds. The number of hydrogen-bond donors (Lipinski definition) is 2. The van der Waals surface area contributed by atoms with Crippen LogP contribution in [0.4, 0.5) is 0 Å². The maximum absolute atomic E-state index is 11.0. The number of carbonyl (C=O) groups excluding carboxylic acids is 1. The molecule has 1 heterocycles. The molecule has 0 aromatic heterocycles. The summed E-state index contributed by atoms with van der Waals surface area (Å²) in [5.41, 5.74) is 2.31. The third-order valence-electron chi connectivity index (χ3n) is 1.63. The van der Waals surface area contributed by atoms with Gasteiger partial charge >= 0.3 is 0 Å². The maximum Gasteiger partial charge on any atom is 0.247 e. The first kappa shape index (κ1) is 10.7. The molecule has 0 aromatic carbocycles. The van der Waals surface area contributed by atoms with Gasteiger partial charge in [-0.2, -0.15) is 0 Å². The van der Waals surface area contributed by atoms with E-state index in [-0.39, 0.29) is 24.2 Å². The van der Waals surface area contributed by atoms with Crippen molar-refractivity contribution in [2.45, 2.75) is 6.42 Å². The van der Waals surface area contributed by atoms with Crippen LogP contribution < -0.4 is 10.8 Å². The molecule has 0 aliphatic carbocycles. The molecule has 66 valence electrons. The van der Waals surface area contributed by atoms with E-state index in [1.54, 1.807) is 0 Å². The Kier molecular flexibility index (Phi) is 5.19. The standard InChI is InChI=1S/C6H12N2O2.ClH/c1-10-8-6(9)5-2-3-7-4-5;/h5,7H,2-4H2,1H3,(H,8,9);1H/t5-;/m1./s1. The van der Waals surface area contributed by atoms with Crippen molar-refractivity contribution in [3.8, 4) is 0 Å². The normalized spacial score (nSPS) is 22.5. The fourth-order valence-electron chi connectivity index (χ4n) is 1.06. The molecular formula is C6H13ClN2O2. The minimum absolute atomic E-state index is 0. The molecule has 1 fully saturated rings. The van der Waals surface area contributed by atoms with Crippen molar-refractivity contribution in [3.05, 3.63) is 0 Å². The Hall–Kier alpha value is -0.320. The van der Waals surface area contributed by atoms with Crippen LogP contribution in [0.15, 0.2) is 0 Å². The van der Waals surface area contributed by atoms with E-state index >= 15 is 0 Å². The van der Waals surface area contributed by atoms with Gasteiger partial charge in [0.1, 0.15) is 0 Å². The summed E-state index contributed by atoms with van der Waals surface area (Å²) in [6.07, 6.45) is 0.912. The topological polar surface area (TPSA) is 50.4 Å². The fourth-order valence-corrected chi connectivity index (χ4v) is 1.06. The van der Waals surface area contributed by atoms with Crippen LogP contribution in [0.2, 0.25) is 0 Å². The fraction of sp³-hybridized carbons (Fsp3) is 0.833. The van der Waals surface area contributed by atoms with Gasteiger partial charge in [0.2, 0.25) is 5.91 Å². The number of hydroxylamine groups is 1. The number of halogens is 1. The Balaban J connectivity index is 0.000001000. The summed E-state index contributed by atoms with van der Waals surface area (Å²) in [6, 6.07) is 0. The summed E-state index contributed by atoms with van der Waals surface area (Å²) in [6.45, 7) is 1.71. The van der Waals surface area contributed by atoms with Crippen LogP contribution in [0.5, 0.6) is 0 Å². The molecule has 0 spiro atoms. The van der Waals surface area contributed by atoms with Crippen molar-refractivity contribution < 1.29 is 9.63 Å². The summed E-state index contributed by atoms with van der Waals surface area (Å²) >= 11 is 0. The number of nitrogens with one attached hydrogen (secondary N) is 2. The molecule has 11 heavy (non-hydrogen) atoms. The molecule has 0 saturated carbocycles. The van der Waals surface area contributed by atoms with Crippen LogP contribution in [0, 0.1) is 5.92 Å². The lowest BCUT2D eigenvalue weighted by atomic mass is 10.1. The summed E-state index contributed by atoms with van der Waals surface area (Å²) < 4.78 is 0. The van der Waals surface area contributed by atoms with Crippen LogP contribution >= 0.6 is 12.4 Å². The second kappa shape index (κ2) is 5.35. The molecule has 0 bridgehead atoms. The van der Waals surface area contributed by atoms with Crippen molar-refractivity contribution in [2.75, 3.05) is 20.2 Å². The van der Waals surface area contributed by atoms with Crippen molar-refractivity contribution in [3.63, 3.8) is 0 Å². The Morgan fingerprint density at radius 2 is 2.45 bits per heavy atom. The Morgan fingerprint density at radius 3 is 2.91 bits per heavy atom. The zero-order valence-corrected chi connectivity index (χ0v) is 7.24. The van der Waals surface area contributed by atoms with Crippen LogP contribution in [-0.4, -0.2) is 26.1 Å². The van der Waals surface area contributed by atoms with Crippen LogP contribution in [0.3, 0.4) is 0 Å². The van der Waals surface area contributed by atoms with Crippen LogP contribution in [0.1, 0.15) is 6.42 Å². The molecule has 4 nitrogen and oxygen atoms in total. The SMILES string of the molecule is CONC(=O)[C@@H]1CCNC1.Cl. The third-order valence-corrected chi connectivity index (χ3v) is 1.63. The summed E-state index contributed by atoms with van der Waals surface area (Å²) in [4.78, 5) is 15.5. The Bertz CT molecular complexity index is 126. The predicted molar refractivity (Wildman–Crippen MR) is 43.4 cm³/mol. The van der Waals surface area contributed by atoms with Crippen molar-refractivity contribution in [1.82, 2.24) is 10.8 Å². The molecule has 0 radical (unpaired) electrons. The molecule has 1 rings (SSSR count). The Labute approximate surface area is 72.0 Å². The van der Waals surface area contributed by atoms with Gasteiger partial charge in [0, 0.05) is 6.54 Å². The van der Waals surface area contributed by atoms with Crippen molar-refractivity contribution in [2.24, 2.45) is 5.92 Å². The van der Waals surface area contributed by atoms with Gasteiger partial charge < -0.3 is 5.32 Å². The molecule has 5 heteroatoms. The zero-order valence-electron chi connectivity index (χ0n) is 6.42. The van der Waals surface area contributed by atoms with Crippen LogP contribution in [0.25, 0.3) is 0 Å². The average molecular weight is 181 g/mol. The summed E-state index contributed by atoms with van der Waals surface area (Å²) in [5.74, 6) is 0.0763. The van der Waals surface area contributed by atoms with E-state index in [9.17, 15) is 4.79 Å². The predicted octanol–water partition coefficient (Wildman–Crippen LogP) is -0.305. The first-order chi connectivity index (χ1) is 4.84. The number of rotatable bonds is 2. The molecule has 2 N–H and O–H groups in total. The number of amides is 1.